The van der Waals surface area contributed by atoms with Crippen LogP contribution in [0.3, 0.4) is 0 Å². The van der Waals surface area contributed by atoms with Crippen LogP contribution < -0.4 is 10.7 Å². The number of H-pyrrole nitrogens is 1. The number of hydrogen-bond acceptors (Lipinski definition) is 5. The molecule has 0 spiro atoms. The first-order chi connectivity index (χ1) is 14.6. The Hall–Kier alpha value is -3.46. The number of alkyl carbamates (subject to hydrolysis) is 1. The number of carbonyl (C=O) groups is 2. The summed E-state index contributed by atoms with van der Waals surface area (Å²) in [6.07, 6.45) is 4.11. The molecule has 1 aromatic heterocycles. The third-order valence-electron chi connectivity index (χ3n) is 4.04. The molecule has 0 fully saturated rings. The number of halogens is 1. The smallest absolute Gasteiger partial charge is 0.408 e. The van der Waals surface area contributed by atoms with Crippen molar-refractivity contribution in [1.29, 1.82) is 0 Å². The normalized spacial score (nSPS) is 11.8. The van der Waals surface area contributed by atoms with Crippen LogP contribution in [0.5, 0.6) is 0 Å². The van der Waals surface area contributed by atoms with Crippen LogP contribution in [0.4, 0.5) is 4.79 Å². The highest BCUT2D eigenvalue weighted by atomic mass is 79.9. The third kappa shape index (κ3) is 6.85. The van der Waals surface area contributed by atoms with E-state index in [1.807, 2.05) is 54.6 Å². The standard InChI is InChI=1S/C21H20BrN5O3/c22-17-8-4-7-16(9-17)11-25-27-20(28)19(10-18-12-23-14-24-18)26-21(29)30-13-15-5-2-1-3-6-15/h1-9,11-12,14,19H,10,13H2,(H,23,24)(H,26,29)(H,27,28)/b25-11-/t19-/m0/s1. The fraction of sp³-hybridized carbons (Fsp3) is 0.143. The van der Waals surface area contributed by atoms with E-state index in [4.69, 9.17) is 4.74 Å². The molecular weight excluding hydrogens is 450 g/mol. The van der Waals surface area contributed by atoms with Gasteiger partial charge in [0.05, 0.1) is 12.5 Å². The number of aromatic nitrogens is 2. The van der Waals surface area contributed by atoms with Crippen molar-refractivity contribution in [3.63, 3.8) is 0 Å². The molecule has 3 rings (SSSR count). The summed E-state index contributed by atoms with van der Waals surface area (Å²) in [6.45, 7) is 0.103. The summed E-state index contributed by atoms with van der Waals surface area (Å²) in [4.78, 5) is 31.7. The number of nitrogens with one attached hydrogen (secondary N) is 3. The molecule has 9 heteroatoms. The van der Waals surface area contributed by atoms with Gasteiger partial charge in [-0.2, -0.15) is 5.10 Å². The molecule has 3 aromatic rings. The molecule has 0 unspecified atom stereocenters. The average Bonchev–Trinajstić information content (AvgIpc) is 3.26. The van der Waals surface area contributed by atoms with Crippen molar-refractivity contribution in [2.75, 3.05) is 0 Å². The van der Waals surface area contributed by atoms with Crippen LogP contribution in [0.15, 0.2) is 76.7 Å². The summed E-state index contributed by atoms with van der Waals surface area (Å²) >= 11 is 3.38. The van der Waals surface area contributed by atoms with Gasteiger partial charge in [-0.15, -0.1) is 0 Å². The maximum Gasteiger partial charge on any atom is 0.408 e. The van der Waals surface area contributed by atoms with Crippen LogP contribution >= 0.6 is 15.9 Å². The molecule has 8 nitrogen and oxygen atoms in total. The van der Waals surface area contributed by atoms with E-state index in [2.05, 4.69) is 41.7 Å². The van der Waals surface area contributed by atoms with Gasteiger partial charge in [-0.25, -0.2) is 15.2 Å². The van der Waals surface area contributed by atoms with E-state index in [1.54, 1.807) is 6.20 Å². The Morgan fingerprint density at radius 1 is 1.20 bits per heavy atom. The summed E-state index contributed by atoms with van der Waals surface area (Å²) < 4.78 is 6.12. The number of hydrogen-bond donors (Lipinski definition) is 3. The highest BCUT2D eigenvalue weighted by Gasteiger charge is 2.22. The summed E-state index contributed by atoms with van der Waals surface area (Å²) in [5.74, 6) is -0.479. The zero-order chi connectivity index (χ0) is 21.2. The minimum Gasteiger partial charge on any atom is -0.445 e. The number of ether oxygens (including phenoxy) is 1. The van der Waals surface area contributed by atoms with Gasteiger partial charge >= 0.3 is 6.09 Å². The lowest BCUT2D eigenvalue weighted by Crippen LogP contribution is -2.47. The number of aromatic amines is 1. The van der Waals surface area contributed by atoms with Gasteiger partial charge in [0.1, 0.15) is 12.6 Å². The second-order valence-corrected chi connectivity index (χ2v) is 7.24. The molecule has 0 saturated carbocycles. The van der Waals surface area contributed by atoms with Crippen LogP contribution in [0.1, 0.15) is 16.8 Å². The highest BCUT2D eigenvalue weighted by molar-refractivity contribution is 9.10. The van der Waals surface area contributed by atoms with E-state index in [0.29, 0.717) is 5.69 Å². The Morgan fingerprint density at radius 2 is 2.03 bits per heavy atom. The number of hydrazone groups is 1. The second-order valence-electron chi connectivity index (χ2n) is 6.33. The number of rotatable bonds is 8. The van der Waals surface area contributed by atoms with Crippen molar-refractivity contribution in [2.45, 2.75) is 19.1 Å². The van der Waals surface area contributed by atoms with Gasteiger partial charge in [0, 0.05) is 22.8 Å². The molecule has 0 saturated heterocycles. The Balaban J connectivity index is 1.59. The molecule has 1 atom stereocenters. The van der Waals surface area contributed by atoms with Crippen LogP contribution in [0, 0.1) is 0 Å². The Bertz CT molecular complexity index is 993. The van der Waals surface area contributed by atoms with Crippen molar-refractivity contribution in [3.05, 3.63) is 88.4 Å². The first-order valence-electron chi connectivity index (χ1n) is 9.13. The van der Waals surface area contributed by atoms with Gasteiger partial charge in [-0.1, -0.05) is 58.4 Å². The van der Waals surface area contributed by atoms with Gasteiger partial charge in [-0.3, -0.25) is 4.79 Å². The van der Waals surface area contributed by atoms with Gasteiger partial charge in [0.2, 0.25) is 0 Å². The molecular formula is C21H20BrN5O3. The molecule has 2 amide bonds. The minimum atomic E-state index is -0.895. The van der Waals surface area contributed by atoms with Gasteiger partial charge < -0.3 is 15.0 Å². The topological polar surface area (TPSA) is 108 Å². The zero-order valence-electron chi connectivity index (χ0n) is 15.9. The van der Waals surface area contributed by atoms with Crippen LogP contribution in [-0.2, 0) is 22.6 Å². The van der Waals surface area contributed by atoms with E-state index in [-0.39, 0.29) is 13.0 Å². The summed E-state index contributed by atoms with van der Waals surface area (Å²) in [6, 6.07) is 15.8. The molecule has 0 radical (unpaired) electrons. The summed E-state index contributed by atoms with van der Waals surface area (Å²) in [5, 5.41) is 6.55. The van der Waals surface area contributed by atoms with E-state index in [0.717, 1.165) is 15.6 Å². The number of benzene rings is 2. The van der Waals surface area contributed by atoms with Crippen LogP contribution in [0.2, 0.25) is 0 Å². The molecule has 0 bridgehead atoms. The lowest BCUT2D eigenvalue weighted by molar-refractivity contribution is -0.123. The molecule has 154 valence electrons. The van der Waals surface area contributed by atoms with Crippen LogP contribution in [0.25, 0.3) is 0 Å². The van der Waals surface area contributed by atoms with Crippen molar-refractivity contribution < 1.29 is 14.3 Å². The van der Waals surface area contributed by atoms with E-state index in [9.17, 15) is 9.59 Å². The maximum absolute atomic E-state index is 12.6. The van der Waals surface area contributed by atoms with Crippen molar-refractivity contribution in [3.8, 4) is 0 Å². The molecule has 30 heavy (non-hydrogen) atoms. The Kier molecular flexibility index (Phi) is 7.73. The monoisotopic (exact) mass is 469 g/mol. The molecule has 0 aliphatic heterocycles. The average molecular weight is 470 g/mol. The van der Waals surface area contributed by atoms with E-state index < -0.39 is 18.0 Å². The summed E-state index contributed by atoms with van der Waals surface area (Å²) in [5.41, 5.74) is 4.80. The zero-order valence-corrected chi connectivity index (χ0v) is 17.5. The predicted octanol–water partition coefficient (Wildman–Crippen LogP) is 3.16. The molecule has 0 aliphatic carbocycles. The quantitative estimate of drug-likeness (QED) is 0.347. The van der Waals surface area contributed by atoms with Gasteiger partial charge in [0.15, 0.2) is 0 Å². The van der Waals surface area contributed by atoms with Crippen molar-refractivity contribution in [2.24, 2.45) is 5.10 Å². The fourth-order valence-electron chi connectivity index (χ4n) is 2.57. The lowest BCUT2D eigenvalue weighted by Gasteiger charge is -2.16. The number of imidazole rings is 1. The number of nitrogens with zero attached hydrogens (tertiary/aromatic N) is 2. The van der Waals surface area contributed by atoms with Gasteiger partial charge in [0.25, 0.3) is 5.91 Å². The Labute approximate surface area is 181 Å². The highest BCUT2D eigenvalue weighted by Crippen LogP contribution is 2.10. The maximum atomic E-state index is 12.6. The fourth-order valence-corrected chi connectivity index (χ4v) is 2.98. The molecule has 2 aromatic carbocycles. The lowest BCUT2D eigenvalue weighted by atomic mass is 10.1. The number of amides is 2. The van der Waals surface area contributed by atoms with E-state index in [1.165, 1.54) is 12.5 Å². The molecule has 3 N–H and O–H groups in total. The molecule has 0 aliphatic rings. The minimum absolute atomic E-state index is 0.103. The Morgan fingerprint density at radius 3 is 2.77 bits per heavy atom. The van der Waals surface area contributed by atoms with Crippen molar-refractivity contribution in [1.82, 2.24) is 20.7 Å². The first kappa shape index (κ1) is 21.3. The largest absolute Gasteiger partial charge is 0.445 e. The SMILES string of the molecule is O=C(N[C@@H](Cc1cnc[nH]1)C(=O)N/N=C\c1cccc(Br)c1)OCc1ccccc1. The van der Waals surface area contributed by atoms with E-state index >= 15 is 0 Å². The second kappa shape index (κ2) is 10.9. The van der Waals surface area contributed by atoms with Crippen molar-refractivity contribution >= 4 is 34.1 Å². The van der Waals surface area contributed by atoms with Crippen LogP contribution in [-0.4, -0.2) is 34.2 Å². The van der Waals surface area contributed by atoms with Gasteiger partial charge in [-0.05, 0) is 23.3 Å². The predicted molar refractivity (Wildman–Crippen MR) is 116 cm³/mol. The third-order valence-corrected chi connectivity index (χ3v) is 4.53. The molecule has 1 heterocycles. The first-order valence-corrected chi connectivity index (χ1v) is 9.92. The number of carbonyl (C=O) groups excluding carboxylic acids is 2. The summed E-state index contributed by atoms with van der Waals surface area (Å²) in [7, 11) is 0.